The average molecular weight is 296 g/mol. The van der Waals surface area contributed by atoms with Crippen molar-refractivity contribution in [3.05, 3.63) is 11.8 Å². The monoisotopic (exact) mass is 295 g/mol. The number of nitrogens with one attached hydrogen (secondary N) is 1. The van der Waals surface area contributed by atoms with Gasteiger partial charge in [0, 0.05) is 29.7 Å². The minimum absolute atomic E-state index is 0.00484. The number of aromatic amines is 1. The molecule has 0 radical (unpaired) electrons. The summed E-state index contributed by atoms with van der Waals surface area (Å²) in [7, 11) is -3.49. The van der Waals surface area contributed by atoms with E-state index in [1.165, 1.54) is 10.5 Å². The second-order valence-electron chi connectivity index (χ2n) is 3.90. The summed E-state index contributed by atoms with van der Waals surface area (Å²) >= 11 is 7.48. The molecule has 1 atom stereocenters. The molecule has 17 heavy (non-hydrogen) atoms. The van der Waals surface area contributed by atoms with E-state index in [0.29, 0.717) is 12.1 Å². The average Bonchev–Trinajstić information content (AvgIpc) is 2.78. The first kappa shape index (κ1) is 13.2. The highest BCUT2D eigenvalue weighted by atomic mass is 35.5. The van der Waals surface area contributed by atoms with Crippen LogP contribution in [0.4, 0.5) is 0 Å². The van der Waals surface area contributed by atoms with Gasteiger partial charge in [0.1, 0.15) is 0 Å². The summed E-state index contributed by atoms with van der Waals surface area (Å²) in [5.41, 5.74) is 0.525. The van der Waals surface area contributed by atoms with Crippen LogP contribution in [0.1, 0.15) is 12.5 Å². The maximum absolute atomic E-state index is 12.4. The summed E-state index contributed by atoms with van der Waals surface area (Å²) in [5, 5.41) is 6.43. The number of sulfonamides is 1. The SMILES string of the molecule is CC1CSCCN1S(=O)(=O)c1[nH]ncc1CCl. The molecule has 0 aromatic carbocycles. The van der Waals surface area contributed by atoms with Crippen LogP contribution in [0.25, 0.3) is 0 Å². The van der Waals surface area contributed by atoms with Gasteiger partial charge in [0.25, 0.3) is 10.0 Å². The van der Waals surface area contributed by atoms with Gasteiger partial charge in [0.05, 0.1) is 12.1 Å². The van der Waals surface area contributed by atoms with Crippen molar-refractivity contribution in [1.82, 2.24) is 14.5 Å². The van der Waals surface area contributed by atoms with Crippen molar-refractivity contribution in [2.45, 2.75) is 23.9 Å². The molecule has 1 unspecified atom stereocenters. The Morgan fingerprint density at radius 2 is 2.47 bits per heavy atom. The first-order valence-corrected chi connectivity index (χ1v) is 8.38. The topological polar surface area (TPSA) is 66.1 Å². The summed E-state index contributed by atoms with van der Waals surface area (Å²) in [6.07, 6.45) is 1.46. The highest BCUT2D eigenvalue weighted by molar-refractivity contribution is 7.99. The predicted molar refractivity (Wildman–Crippen MR) is 68.8 cm³/mol. The molecule has 0 bridgehead atoms. The molecular weight excluding hydrogens is 282 g/mol. The molecule has 0 aliphatic carbocycles. The van der Waals surface area contributed by atoms with Crippen molar-refractivity contribution in [1.29, 1.82) is 0 Å². The van der Waals surface area contributed by atoms with Crippen molar-refractivity contribution in [2.75, 3.05) is 18.1 Å². The van der Waals surface area contributed by atoms with Crippen molar-refractivity contribution in [2.24, 2.45) is 0 Å². The molecule has 2 heterocycles. The highest BCUT2D eigenvalue weighted by Crippen LogP contribution is 2.25. The van der Waals surface area contributed by atoms with E-state index in [1.807, 2.05) is 6.92 Å². The van der Waals surface area contributed by atoms with Crippen molar-refractivity contribution in [3.8, 4) is 0 Å². The molecule has 0 saturated carbocycles. The van der Waals surface area contributed by atoms with Crippen LogP contribution in [0.2, 0.25) is 0 Å². The van der Waals surface area contributed by atoms with E-state index in [2.05, 4.69) is 10.2 Å². The van der Waals surface area contributed by atoms with Gasteiger partial charge in [-0.3, -0.25) is 5.10 Å². The first-order valence-electron chi connectivity index (χ1n) is 5.25. The molecule has 2 rings (SSSR count). The lowest BCUT2D eigenvalue weighted by molar-refractivity contribution is 0.366. The van der Waals surface area contributed by atoms with E-state index in [9.17, 15) is 8.42 Å². The fourth-order valence-electron chi connectivity index (χ4n) is 1.80. The Balaban J connectivity index is 2.35. The zero-order chi connectivity index (χ0) is 12.5. The van der Waals surface area contributed by atoms with Gasteiger partial charge in [-0.25, -0.2) is 8.42 Å². The van der Waals surface area contributed by atoms with Crippen molar-refractivity contribution < 1.29 is 8.42 Å². The Labute approximate surface area is 110 Å². The summed E-state index contributed by atoms with van der Waals surface area (Å²) in [5.74, 6) is 1.79. The Morgan fingerprint density at radius 3 is 3.12 bits per heavy atom. The largest absolute Gasteiger partial charge is 0.266 e. The summed E-state index contributed by atoms with van der Waals surface area (Å²) < 4.78 is 26.4. The smallest absolute Gasteiger partial charge is 0.260 e. The second kappa shape index (κ2) is 5.17. The third kappa shape index (κ3) is 2.47. The maximum Gasteiger partial charge on any atom is 0.260 e. The molecular formula is C9H14ClN3O2S2. The van der Waals surface area contributed by atoms with E-state index >= 15 is 0 Å². The zero-order valence-electron chi connectivity index (χ0n) is 9.39. The zero-order valence-corrected chi connectivity index (χ0v) is 11.8. The quantitative estimate of drug-likeness (QED) is 0.853. The Morgan fingerprint density at radius 1 is 1.71 bits per heavy atom. The summed E-state index contributed by atoms with van der Waals surface area (Å²) in [6, 6.07) is 0.00484. The Kier molecular flexibility index (Phi) is 4.02. The van der Waals surface area contributed by atoms with Crippen molar-refractivity contribution >= 4 is 33.4 Å². The van der Waals surface area contributed by atoms with Gasteiger partial charge in [-0.2, -0.15) is 21.2 Å². The molecule has 1 aliphatic heterocycles. The van der Waals surface area contributed by atoms with Gasteiger partial charge < -0.3 is 0 Å². The van der Waals surface area contributed by atoms with Gasteiger partial charge in [0.2, 0.25) is 0 Å². The van der Waals surface area contributed by atoms with Crippen LogP contribution >= 0.6 is 23.4 Å². The lowest BCUT2D eigenvalue weighted by Gasteiger charge is -2.31. The van der Waals surface area contributed by atoms with Crippen LogP contribution < -0.4 is 0 Å². The molecule has 8 heteroatoms. The van der Waals surface area contributed by atoms with Gasteiger partial charge in [-0.1, -0.05) is 0 Å². The van der Waals surface area contributed by atoms with Crippen LogP contribution in [-0.2, 0) is 15.9 Å². The third-order valence-corrected chi connectivity index (χ3v) is 6.20. The molecule has 0 amide bonds. The van der Waals surface area contributed by atoms with Gasteiger partial charge in [-0.15, -0.1) is 11.6 Å². The summed E-state index contributed by atoms with van der Waals surface area (Å²) in [6.45, 7) is 2.45. The number of hydrogen-bond donors (Lipinski definition) is 1. The van der Waals surface area contributed by atoms with Crippen LogP contribution in [0.3, 0.4) is 0 Å². The minimum Gasteiger partial charge on any atom is -0.266 e. The van der Waals surface area contributed by atoms with Gasteiger partial charge in [0.15, 0.2) is 5.03 Å². The van der Waals surface area contributed by atoms with Crippen LogP contribution in [-0.4, -0.2) is 47.0 Å². The van der Waals surface area contributed by atoms with Crippen LogP contribution in [0.15, 0.2) is 11.2 Å². The number of rotatable bonds is 3. The first-order chi connectivity index (χ1) is 8.07. The van der Waals surface area contributed by atoms with E-state index < -0.39 is 10.0 Å². The molecule has 0 spiro atoms. The Hall–Kier alpha value is -0.240. The second-order valence-corrected chi connectivity index (χ2v) is 7.14. The lowest BCUT2D eigenvalue weighted by atomic mass is 10.4. The highest BCUT2D eigenvalue weighted by Gasteiger charge is 2.33. The van der Waals surface area contributed by atoms with Gasteiger partial charge in [-0.05, 0) is 6.92 Å². The fourth-order valence-corrected chi connectivity index (χ4v) is 5.05. The molecule has 96 valence electrons. The number of thioether (sulfide) groups is 1. The number of nitrogens with zero attached hydrogens (tertiary/aromatic N) is 2. The van der Waals surface area contributed by atoms with Crippen LogP contribution in [0, 0.1) is 0 Å². The molecule has 5 nitrogen and oxygen atoms in total. The van der Waals surface area contributed by atoms with Crippen molar-refractivity contribution in [3.63, 3.8) is 0 Å². The predicted octanol–water partition coefficient (Wildman–Crippen LogP) is 1.27. The van der Waals surface area contributed by atoms with E-state index in [1.54, 1.807) is 11.8 Å². The Bertz CT molecular complexity index is 488. The van der Waals surface area contributed by atoms with Gasteiger partial charge >= 0.3 is 0 Å². The number of halogens is 1. The fraction of sp³-hybridized carbons (Fsp3) is 0.667. The van der Waals surface area contributed by atoms with Crippen LogP contribution in [0.5, 0.6) is 0 Å². The molecule has 1 aromatic rings. The molecule has 1 aliphatic rings. The molecule has 1 N–H and O–H groups in total. The molecule has 1 fully saturated rings. The number of aromatic nitrogens is 2. The van der Waals surface area contributed by atoms with E-state index in [-0.39, 0.29) is 16.9 Å². The lowest BCUT2D eigenvalue weighted by Crippen LogP contribution is -2.44. The molecule has 1 saturated heterocycles. The van der Waals surface area contributed by atoms with E-state index in [4.69, 9.17) is 11.6 Å². The number of hydrogen-bond acceptors (Lipinski definition) is 4. The molecule has 1 aromatic heterocycles. The summed E-state index contributed by atoms with van der Waals surface area (Å²) in [4.78, 5) is 0. The normalized spacial score (nSPS) is 22.8. The minimum atomic E-state index is -3.49. The number of alkyl halides is 1. The third-order valence-electron chi connectivity index (χ3n) is 2.70. The maximum atomic E-state index is 12.4. The van der Waals surface area contributed by atoms with E-state index in [0.717, 1.165) is 11.5 Å². The number of H-pyrrole nitrogens is 1. The standard InChI is InChI=1S/C9H14ClN3O2S2/c1-7-6-16-3-2-13(7)17(14,15)9-8(4-10)5-11-12-9/h5,7H,2-4,6H2,1H3,(H,11,12).